The van der Waals surface area contributed by atoms with Crippen molar-refractivity contribution in [1.82, 2.24) is 5.32 Å². The van der Waals surface area contributed by atoms with Crippen LogP contribution >= 0.6 is 0 Å². The van der Waals surface area contributed by atoms with E-state index in [4.69, 9.17) is 5.26 Å². The zero-order chi connectivity index (χ0) is 9.86. The predicted molar refractivity (Wildman–Crippen MR) is 56.7 cm³/mol. The predicted octanol–water partition coefficient (Wildman–Crippen LogP) is 2.46. The highest BCUT2D eigenvalue weighted by molar-refractivity contribution is 5.00. The monoisotopic (exact) mass is 192 g/mol. The average molecular weight is 192 g/mol. The van der Waals surface area contributed by atoms with Crippen molar-refractivity contribution >= 4 is 0 Å². The van der Waals surface area contributed by atoms with Gasteiger partial charge in [0.25, 0.3) is 0 Å². The molecule has 2 rings (SSSR count). The molecule has 0 aliphatic heterocycles. The van der Waals surface area contributed by atoms with Gasteiger partial charge in [-0.15, -0.1) is 0 Å². The van der Waals surface area contributed by atoms with E-state index in [1.165, 1.54) is 38.5 Å². The van der Waals surface area contributed by atoms with Gasteiger partial charge in [0.05, 0.1) is 6.07 Å². The molecule has 0 heterocycles. The second-order valence-corrected chi connectivity index (χ2v) is 5.10. The van der Waals surface area contributed by atoms with E-state index < -0.39 is 0 Å². The largest absolute Gasteiger partial charge is 0.316 e. The minimum atomic E-state index is 0.383. The Hall–Kier alpha value is -0.550. The normalized spacial score (nSPS) is 23.9. The standard InChI is InChI=1S/C12H20N2/c13-8-7-12(5-6-12)10-14-9-4-11-2-1-3-11/h11,14H,1-7,9-10H2. The van der Waals surface area contributed by atoms with Crippen LogP contribution in [-0.2, 0) is 0 Å². The molecular weight excluding hydrogens is 172 g/mol. The van der Waals surface area contributed by atoms with Crippen LogP contribution in [0.3, 0.4) is 0 Å². The van der Waals surface area contributed by atoms with Gasteiger partial charge in [-0.1, -0.05) is 19.3 Å². The zero-order valence-corrected chi connectivity index (χ0v) is 8.89. The summed E-state index contributed by atoms with van der Waals surface area (Å²) in [5.74, 6) is 1.01. The van der Waals surface area contributed by atoms with Crippen molar-refractivity contribution in [2.24, 2.45) is 11.3 Å². The van der Waals surface area contributed by atoms with Crippen LogP contribution in [0.1, 0.15) is 44.9 Å². The highest BCUT2D eigenvalue weighted by Gasteiger charge is 2.41. The summed E-state index contributed by atoms with van der Waals surface area (Å²) in [6.07, 6.45) is 8.97. The van der Waals surface area contributed by atoms with Gasteiger partial charge in [0.15, 0.2) is 0 Å². The minimum Gasteiger partial charge on any atom is -0.316 e. The number of rotatable bonds is 6. The van der Waals surface area contributed by atoms with Crippen molar-refractivity contribution < 1.29 is 0 Å². The molecule has 2 fully saturated rings. The third-order valence-corrected chi connectivity index (χ3v) is 3.87. The molecule has 0 radical (unpaired) electrons. The first-order valence-electron chi connectivity index (χ1n) is 5.92. The van der Waals surface area contributed by atoms with E-state index >= 15 is 0 Å². The first-order chi connectivity index (χ1) is 6.85. The Morgan fingerprint density at radius 2 is 2.14 bits per heavy atom. The fraction of sp³-hybridized carbons (Fsp3) is 0.917. The number of nitrogens with zero attached hydrogens (tertiary/aromatic N) is 1. The maximum atomic E-state index is 8.66. The molecule has 0 aromatic rings. The highest BCUT2D eigenvalue weighted by atomic mass is 14.9. The molecular formula is C12H20N2. The van der Waals surface area contributed by atoms with E-state index in [1.54, 1.807) is 0 Å². The Morgan fingerprint density at radius 1 is 1.36 bits per heavy atom. The van der Waals surface area contributed by atoms with E-state index in [0.717, 1.165) is 25.4 Å². The van der Waals surface area contributed by atoms with Crippen LogP contribution < -0.4 is 5.32 Å². The van der Waals surface area contributed by atoms with Crippen molar-refractivity contribution in [3.8, 4) is 6.07 Å². The fourth-order valence-electron chi connectivity index (χ4n) is 2.20. The summed E-state index contributed by atoms with van der Waals surface area (Å²) in [7, 11) is 0. The Morgan fingerprint density at radius 3 is 2.64 bits per heavy atom. The summed E-state index contributed by atoms with van der Waals surface area (Å²) in [5.41, 5.74) is 0.383. The molecule has 0 bridgehead atoms. The molecule has 0 saturated heterocycles. The Bertz CT molecular complexity index is 221. The van der Waals surface area contributed by atoms with Gasteiger partial charge < -0.3 is 5.32 Å². The first-order valence-corrected chi connectivity index (χ1v) is 5.92. The quantitative estimate of drug-likeness (QED) is 0.656. The lowest BCUT2D eigenvalue weighted by molar-refractivity contribution is 0.288. The number of nitrogens with one attached hydrogen (secondary N) is 1. The second-order valence-electron chi connectivity index (χ2n) is 5.10. The van der Waals surface area contributed by atoms with Crippen LogP contribution in [0, 0.1) is 22.7 Å². The lowest BCUT2D eigenvalue weighted by Gasteiger charge is -2.25. The van der Waals surface area contributed by atoms with Gasteiger partial charge in [-0.3, -0.25) is 0 Å². The van der Waals surface area contributed by atoms with Gasteiger partial charge in [0, 0.05) is 13.0 Å². The van der Waals surface area contributed by atoms with Gasteiger partial charge in [0.1, 0.15) is 0 Å². The van der Waals surface area contributed by atoms with Crippen molar-refractivity contribution in [3.05, 3.63) is 0 Å². The van der Waals surface area contributed by atoms with Crippen LogP contribution in [0.25, 0.3) is 0 Å². The number of hydrogen-bond acceptors (Lipinski definition) is 2. The summed E-state index contributed by atoms with van der Waals surface area (Å²) < 4.78 is 0. The summed E-state index contributed by atoms with van der Waals surface area (Å²) >= 11 is 0. The molecule has 0 aromatic heterocycles. The molecule has 1 N–H and O–H groups in total. The summed E-state index contributed by atoms with van der Waals surface area (Å²) in [4.78, 5) is 0. The number of nitriles is 1. The van der Waals surface area contributed by atoms with Gasteiger partial charge in [-0.05, 0) is 37.1 Å². The van der Waals surface area contributed by atoms with Gasteiger partial charge in [-0.2, -0.15) is 5.26 Å². The molecule has 2 nitrogen and oxygen atoms in total. The number of hydrogen-bond donors (Lipinski definition) is 1. The third kappa shape index (κ3) is 2.48. The molecule has 2 aliphatic rings. The van der Waals surface area contributed by atoms with Crippen molar-refractivity contribution in [2.75, 3.05) is 13.1 Å². The molecule has 2 aliphatic carbocycles. The molecule has 0 amide bonds. The topological polar surface area (TPSA) is 35.8 Å². The van der Waals surface area contributed by atoms with Gasteiger partial charge >= 0.3 is 0 Å². The van der Waals surface area contributed by atoms with E-state index in [-0.39, 0.29) is 0 Å². The van der Waals surface area contributed by atoms with E-state index in [9.17, 15) is 0 Å². The summed E-state index contributed by atoms with van der Waals surface area (Å²) in [6.45, 7) is 2.24. The lowest BCUT2D eigenvalue weighted by atomic mass is 9.83. The van der Waals surface area contributed by atoms with Crippen molar-refractivity contribution in [2.45, 2.75) is 44.9 Å². The Balaban J connectivity index is 1.52. The summed E-state index contributed by atoms with van der Waals surface area (Å²) in [5, 5.41) is 12.2. The SMILES string of the molecule is N#CCC1(CNCCC2CCC2)CC1. The van der Waals surface area contributed by atoms with Crippen molar-refractivity contribution in [1.29, 1.82) is 5.26 Å². The third-order valence-electron chi connectivity index (χ3n) is 3.87. The van der Waals surface area contributed by atoms with E-state index in [0.29, 0.717) is 5.41 Å². The molecule has 78 valence electrons. The zero-order valence-electron chi connectivity index (χ0n) is 8.89. The van der Waals surface area contributed by atoms with Crippen LogP contribution in [0.15, 0.2) is 0 Å². The van der Waals surface area contributed by atoms with E-state index in [1.807, 2.05) is 0 Å². The first kappa shape index (κ1) is 9.98. The highest BCUT2D eigenvalue weighted by Crippen LogP contribution is 2.47. The minimum absolute atomic E-state index is 0.383. The van der Waals surface area contributed by atoms with Crippen LogP contribution in [0.5, 0.6) is 0 Å². The lowest BCUT2D eigenvalue weighted by Crippen LogP contribution is -2.27. The second kappa shape index (κ2) is 4.31. The van der Waals surface area contributed by atoms with E-state index in [2.05, 4.69) is 11.4 Å². The molecule has 0 unspecified atom stereocenters. The van der Waals surface area contributed by atoms with Crippen LogP contribution in [0.4, 0.5) is 0 Å². The molecule has 2 saturated carbocycles. The maximum Gasteiger partial charge on any atom is 0.0628 e. The maximum absolute atomic E-state index is 8.66. The molecule has 0 aromatic carbocycles. The molecule has 2 heteroatoms. The average Bonchev–Trinajstić information content (AvgIpc) is 2.83. The smallest absolute Gasteiger partial charge is 0.0628 e. The van der Waals surface area contributed by atoms with Crippen molar-refractivity contribution in [3.63, 3.8) is 0 Å². The summed E-state index contributed by atoms with van der Waals surface area (Å²) in [6, 6.07) is 2.30. The van der Waals surface area contributed by atoms with Crippen LogP contribution in [0.2, 0.25) is 0 Å². The van der Waals surface area contributed by atoms with Gasteiger partial charge in [-0.25, -0.2) is 0 Å². The Kier molecular flexibility index (Phi) is 3.08. The molecule has 0 atom stereocenters. The molecule has 0 spiro atoms. The fourth-order valence-corrected chi connectivity index (χ4v) is 2.20. The van der Waals surface area contributed by atoms with Crippen LogP contribution in [-0.4, -0.2) is 13.1 Å². The van der Waals surface area contributed by atoms with Gasteiger partial charge in [0.2, 0.25) is 0 Å². The Labute approximate surface area is 86.7 Å². The molecule has 14 heavy (non-hydrogen) atoms.